The van der Waals surface area contributed by atoms with Crippen LogP contribution in [-0.4, -0.2) is 40.0 Å². The van der Waals surface area contributed by atoms with Crippen LogP contribution in [0.4, 0.5) is 5.69 Å². The first-order valence-electron chi connectivity index (χ1n) is 10.6. The summed E-state index contributed by atoms with van der Waals surface area (Å²) in [4.78, 5) is 37.6. The van der Waals surface area contributed by atoms with E-state index in [1.165, 1.54) is 28.8 Å². The van der Waals surface area contributed by atoms with Gasteiger partial charge in [0.05, 0.1) is 10.7 Å². The third-order valence-corrected chi connectivity index (χ3v) is 6.73. The van der Waals surface area contributed by atoms with Crippen LogP contribution in [-0.2, 0) is 21.9 Å². The van der Waals surface area contributed by atoms with Crippen molar-refractivity contribution >= 4 is 52.5 Å². The van der Waals surface area contributed by atoms with E-state index in [0.29, 0.717) is 27.9 Å². The first-order chi connectivity index (χ1) is 15.7. The van der Waals surface area contributed by atoms with Gasteiger partial charge in [0.25, 0.3) is 5.69 Å². The van der Waals surface area contributed by atoms with Crippen LogP contribution in [0.5, 0.6) is 0 Å². The smallest absolute Gasteiger partial charge is 0.269 e. The highest BCUT2D eigenvalue weighted by atomic mass is 35.5. The van der Waals surface area contributed by atoms with E-state index in [1.807, 2.05) is 6.92 Å². The molecule has 0 radical (unpaired) electrons. The van der Waals surface area contributed by atoms with E-state index in [1.54, 1.807) is 37.3 Å². The molecule has 2 amide bonds. The van der Waals surface area contributed by atoms with Gasteiger partial charge in [-0.3, -0.25) is 19.7 Å². The lowest BCUT2D eigenvalue weighted by Crippen LogP contribution is -2.48. The molecule has 0 aliphatic carbocycles. The second-order valence-corrected chi connectivity index (χ2v) is 9.26. The first-order valence-corrected chi connectivity index (χ1v) is 12.5. The van der Waals surface area contributed by atoms with Gasteiger partial charge >= 0.3 is 0 Å². The number of unbranched alkanes of at least 4 members (excludes halogenated alkanes) is 1. The molecular weight excluding hydrogens is 485 g/mol. The van der Waals surface area contributed by atoms with Gasteiger partial charge in [-0.05, 0) is 31.0 Å². The molecule has 1 N–H and O–H groups in total. The minimum Gasteiger partial charge on any atom is -0.354 e. The largest absolute Gasteiger partial charge is 0.354 e. The zero-order chi connectivity index (χ0) is 24.4. The van der Waals surface area contributed by atoms with E-state index < -0.39 is 11.0 Å². The Bertz CT molecular complexity index is 952. The monoisotopic (exact) mass is 511 g/mol. The van der Waals surface area contributed by atoms with Crippen molar-refractivity contribution in [2.75, 3.05) is 12.3 Å². The third kappa shape index (κ3) is 8.21. The van der Waals surface area contributed by atoms with Gasteiger partial charge in [-0.25, -0.2) is 0 Å². The highest BCUT2D eigenvalue weighted by Gasteiger charge is 2.27. The number of carbonyl (C=O) groups excluding carboxylic acids is 2. The lowest BCUT2D eigenvalue weighted by Gasteiger charge is -2.29. The molecule has 1 atom stereocenters. The summed E-state index contributed by atoms with van der Waals surface area (Å²) in [5.41, 5.74) is 1.47. The fourth-order valence-corrected chi connectivity index (χ4v) is 4.41. The summed E-state index contributed by atoms with van der Waals surface area (Å²) in [6.07, 6.45) is 1.81. The fourth-order valence-electron chi connectivity index (χ4n) is 3.03. The SMILES string of the molecule is CCCCNC(=O)C(C)N(Cc1c(Cl)cccc1Cl)C(=O)CSCc1ccc([N+](=O)[O-])cc1. The molecule has 0 aliphatic rings. The van der Waals surface area contributed by atoms with Crippen LogP contribution in [0.2, 0.25) is 10.0 Å². The van der Waals surface area contributed by atoms with E-state index in [4.69, 9.17) is 23.2 Å². The van der Waals surface area contributed by atoms with E-state index in [-0.39, 0.29) is 29.8 Å². The number of non-ortho nitro benzene ring substituents is 1. The molecule has 0 fully saturated rings. The number of carbonyl (C=O) groups is 2. The zero-order valence-corrected chi connectivity index (χ0v) is 20.9. The topological polar surface area (TPSA) is 92.6 Å². The van der Waals surface area contributed by atoms with Gasteiger partial charge in [0.1, 0.15) is 6.04 Å². The number of thioether (sulfide) groups is 1. The molecule has 2 aromatic carbocycles. The van der Waals surface area contributed by atoms with Crippen molar-refractivity contribution in [2.45, 2.75) is 45.0 Å². The van der Waals surface area contributed by atoms with Crippen molar-refractivity contribution in [3.63, 3.8) is 0 Å². The Morgan fingerprint density at radius 1 is 1.15 bits per heavy atom. The van der Waals surface area contributed by atoms with Crippen molar-refractivity contribution in [1.29, 1.82) is 0 Å². The number of hydrogen-bond donors (Lipinski definition) is 1. The standard InChI is InChI=1S/C23H27Cl2N3O4S/c1-3-4-12-26-23(30)16(2)27(13-19-20(24)6-5-7-21(19)25)22(29)15-33-14-17-8-10-18(11-9-17)28(31)32/h5-11,16H,3-4,12-15H2,1-2H3,(H,26,30). The second kappa shape index (κ2) is 13.4. The van der Waals surface area contributed by atoms with Crippen LogP contribution >= 0.6 is 35.0 Å². The van der Waals surface area contributed by atoms with E-state index in [0.717, 1.165) is 18.4 Å². The average Bonchev–Trinajstić information content (AvgIpc) is 2.79. The van der Waals surface area contributed by atoms with Crippen molar-refractivity contribution in [3.8, 4) is 0 Å². The Kier molecular flexibility index (Phi) is 11.0. The lowest BCUT2D eigenvalue weighted by molar-refractivity contribution is -0.384. The van der Waals surface area contributed by atoms with Gasteiger partial charge < -0.3 is 10.2 Å². The summed E-state index contributed by atoms with van der Waals surface area (Å²) >= 11 is 14.0. The summed E-state index contributed by atoms with van der Waals surface area (Å²) in [6, 6.07) is 10.6. The minimum absolute atomic E-state index is 0.0190. The van der Waals surface area contributed by atoms with Crippen LogP contribution in [0.25, 0.3) is 0 Å². The molecule has 0 spiro atoms. The van der Waals surface area contributed by atoms with Crippen molar-refractivity contribution < 1.29 is 14.5 Å². The quantitative estimate of drug-likeness (QED) is 0.231. The molecule has 1 unspecified atom stereocenters. The maximum absolute atomic E-state index is 13.1. The predicted octanol–water partition coefficient (Wildman–Crippen LogP) is 5.47. The molecule has 7 nitrogen and oxygen atoms in total. The highest BCUT2D eigenvalue weighted by Crippen LogP contribution is 2.27. The number of benzene rings is 2. The number of hydrogen-bond acceptors (Lipinski definition) is 5. The van der Waals surface area contributed by atoms with Crippen molar-refractivity contribution in [3.05, 3.63) is 73.8 Å². The molecule has 0 saturated heterocycles. The highest BCUT2D eigenvalue weighted by molar-refractivity contribution is 7.99. The van der Waals surface area contributed by atoms with Crippen LogP contribution in [0.3, 0.4) is 0 Å². The molecule has 2 rings (SSSR count). The third-order valence-electron chi connectivity index (χ3n) is 5.03. The second-order valence-electron chi connectivity index (χ2n) is 7.46. The lowest BCUT2D eigenvalue weighted by atomic mass is 10.1. The summed E-state index contributed by atoms with van der Waals surface area (Å²) in [5, 5.41) is 14.5. The van der Waals surface area contributed by atoms with Crippen molar-refractivity contribution in [1.82, 2.24) is 10.2 Å². The molecular formula is C23H27Cl2N3O4S. The molecule has 33 heavy (non-hydrogen) atoms. The summed E-state index contributed by atoms with van der Waals surface area (Å²) in [5.74, 6) is 0.170. The van der Waals surface area contributed by atoms with E-state index in [9.17, 15) is 19.7 Å². The summed E-state index contributed by atoms with van der Waals surface area (Å²) < 4.78 is 0. The number of nitro benzene ring substituents is 1. The Hall–Kier alpha value is -2.29. The number of nitro groups is 1. The molecule has 0 bridgehead atoms. The maximum Gasteiger partial charge on any atom is 0.269 e. The van der Waals surface area contributed by atoms with Gasteiger partial charge in [-0.1, -0.05) is 54.7 Å². The van der Waals surface area contributed by atoms with Crippen molar-refractivity contribution in [2.24, 2.45) is 0 Å². The van der Waals surface area contributed by atoms with E-state index in [2.05, 4.69) is 5.32 Å². The summed E-state index contributed by atoms with van der Waals surface area (Å²) in [6.45, 7) is 4.37. The molecule has 2 aromatic rings. The van der Waals surface area contributed by atoms with Crippen LogP contribution in [0.15, 0.2) is 42.5 Å². The Labute approximate surface area is 208 Å². The molecule has 10 heteroatoms. The van der Waals surface area contributed by atoms with Gasteiger partial charge in [-0.15, -0.1) is 11.8 Å². The number of nitrogens with zero attached hydrogens (tertiary/aromatic N) is 2. The van der Waals surface area contributed by atoms with Gasteiger partial charge in [0.15, 0.2) is 0 Å². The van der Waals surface area contributed by atoms with Gasteiger partial charge in [0, 0.05) is 46.6 Å². The number of rotatable bonds is 12. The normalized spacial score (nSPS) is 11.6. The fraction of sp³-hybridized carbons (Fsp3) is 0.391. The maximum atomic E-state index is 13.1. The molecule has 0 saturated carbocycles. The average molecular weight is 512 g/mol. The minimum atomic E-state index is -0.707. The van der Waals surface area contributed by atoms with Crippen LogP contribution < -0.4 is 5.32 Å². The molecule has 0 aromatic heterocycles. The van der Waals surface area contributed by atoms with Gasteiger partial charge in [-0.2, -0.15) is 0 Å². The molecule has 0 aliphatic heterocycles. The Balaban J connectivity index is 2.09. The predicted molar refractivity (Wildman–Crippen MR) is 134 cm³/mol. The van der Waals surface area contributed by atoms with E-state index >= 15 is 0 Å². The van der Waals surface area contributed by atoms with Crippen LogP contribution in [0.1, 0.15) is 37.8 Å². The van der Waals surface area contributed by atoms with Gasteiger partial charge in [0.2, 0.25) is 11.8 Å². The Morgan fingerprint density at radius 2 is 1.79 bits per heavy atom. The molecule has 178 valence electrons. The number of nitrogens with one attached hydrogen (secondary N) is 1. The Morgan fingerprint density at radius 3 is 2.36 bits per heavy atom. The number of halogens is 2. The summed E-state index contributed by atoms with van der Waals surface area (Å²) in [7, 11) is 0. The first kappa shape index (κ1) is 27.0. The zero-order valence-electron chi connectivity index (χ0n) is 18.6. The molecule has 0 heterocycles. The van der Waals surface area contributed by atoms with Crippen LogP contribution in [0, 0.1) is 10.1 Å². The number of amides is 2.